The summed E-state index contributed by atoms with van der Waals surface area (Å²) in [5.41, 5.74) is 1.86. The molecule has 0 aliphatic carbocycles. The minimum absolute atomic E-state index is 0.0216. The zero-order valence-corrected chi connectivity index (χ0v) is 12.5. The number of likely N-dealkylation sites (N-methyl/N-ethyl adjacent to an activating group) is 1. The van der Waals surface area contributed by atoms with Crippen LogP contribution in [0, 0.1) is 10.1 Å². The Morgan fingerprint density at radius 1 is 1.24 bits per heavy atom. The molecule has 0 aliphatic heterocycles. The highest BCUT2D eigenvalue weighted by atomic mass is 35.5. The fourth-order valence-corrected chi connectivity index (χ4v) is 2.55. The van der Waals surface area contributed by atoms with E-state index in [0.717, 1.165) is 12.1 Å². The first kappa shape index (κ1) is 15.5. The first-order valence-corrected chi connectivity index (χ1v) is 7.20. The number of nitro benzene ring substituents is 1. The second-order valence-corrected chi connectivity index (χ2v) is 5.19. The SMILES string of the molecule is CCNC(Cc1cc(Cl)ccc1[N+](=O)[O-])c1ccccc1. The zero-order chi connectivity index (χ0) is 15.2. The van der Waals surface area contributed by atoms with Crippen LogP contribution >= 0.6 is 11.6 Å². The van der Waals surface area contributed by atoms with Crippen molar-refractivity contribution >= 4 is 17.3 Å². The van der Waals surface area contributed by atoms with Crippen LogP contribution in [0.25, 0.3) is 0 Å². The molecule has 2 aromatic rings. The van der Waals surface area contributed by atoms with Crippen LogP contribution in [-0.2, 0) is 6.42 Å². The largest absolute Gasteiger partial charge is 0.310 e. The Labute approximate surface area is 128 Å². The zero-order valence-electron chi connectivity index (χ0n) is 11.8. The Balaban J connectivity index is 2.33. The lowest BCUT2D eigenvalue weighted by atomic mass is 9.98. The number of halogens is 1. The molecule has 1 N–H and O–H groups in total. The molecule has 0 saturated heterocycles. The van der Waals surface area contributed by atoms with Gasteiger partial charge in [-0.1, -0.05) is 48.9 Å². The van der Waals surface area contributed by atoms with Crippen molar-refractivity contribution in [1.82, 2.24) is 5.32 Å². The van der Waals surface area contributed by atoms with Crippen LogP contribution in [0.2, 0.25) is 5.02 Å². The van der Waals surface area contributed by atoms with Crippen molar-refractivity contribution < 1.29 is 4.92 Å². The van der Waals surface area contributed by atoms with Gasteiger partial charge in [0.25, 0.3) is 5.69 Å². The van der Waals surface area contributed by atoms with E-state index in [4.69, 9.17) is 11.6 Å². The summed E-state index contributed by atoms with van der Waals surface area (Å²) in [6.45, 7) is 2.80. The lowest BCUT2D eigenvalue weighted by Gasteiger charge is -2.18. The molecule has 0 heterocycles. The number of nitrogens with one attached hydrogen (secondary N) is 1. The summed E-state index contributed by atoms with van der Waals surface area (Å²) in [4.78, 5) is 10.8. The van der Waals surface area contributed by atoms with Gasteiger partial charge in [-0.3, -0.25) is 10.1 Å². The molecule has 21 heavy (non-hydrogen) atoms. The smallest absolute Gasteiger partial charge is 0.272 e. The summed E-state index contributed by atoms with van der Waals surface area (Å²) in [6.07, 6.45) is 0.523. The molecule has 4 nitrogen and oxygen atoms in total. The molecule has 0 radical (unpaired) electrons. The summed E-state index contributed by atoms with van der Waals surface area (Å²) < 4.78 is 0. The van der Waals surface area contributed by atoms with Gasteiger partial charge in [-0.25, -0.2) is 0 Å². The van der Waals surface area contributed by atoms with E-state index in [-0.39, 0.29) is 16.7 Å². The van der Waals surface area contributed by atoms with Crippen LogP contribution in [0.4, 0.5) is 5.69 Å². The normalized spacial score (nSPS) is 12.1. The third-order valence-electron chi connectivity index (χ3n) is 3.31. The molecule has 0 amide bonds. The Kier molecular flexibility index (Phi) is 5.31. The average Bonchev–Trinajstić information content (AvgIpc) is 2.47. The third kappa shape index (κ3) is 4.03. The summed E-state index contributed by atoms with van der Waals surface area (Å²) in [6, 6.07) is 14.6. The van der Waals surface area contributed by atoms with E-state index >= 15 is 0 Å². The van der Waals surface area contributed by atoms with E-state index in [1.165, 1.54) is 6.07 Å². The van der Waals surface area contributed by atoms with Crippen LogP contribution in [-0.4, -0.2) is 11.5 Å². The predicted octanol–water partition coefficient (Wildman–Crippen LogP) is 4.14. The number of hydrogen-bond acceptors (Lipinski definition) is 3. The van der Waals surface area contributed by atoms with E-state index in [1.54, 1.807) is 12.1 Å². The first-order valence-electron chi connectivity index (χ1n) is 6.83. The van der Waals surface area contributed by atoms with Crippen molar-refractivity contribution in [1.29, 1.82) is 0 Å². The van der Waals surface area contributed by atoms with Gasteiger partial charge in [0.05, 0.1) is 4.92 Å². The quantitative estimate of drug-likeness (QED) is 0.644. The molecule has 0 aromatic heterocycles. The van der Waals surface area contributed by atoms with E-state index in [1.807, 2.05) is 37.3 Å². The molecular weight excluding hydrogens is 288 g/mol. The molecule has 0 spiro atoms. The van der Waals surface area contributed by atoms with Crippen molar-refractivity contribution in [2.75, 3.05) is 6.54 Å². The van der Waals surface area contributed by atoms with Crippen molar-refractivity contribution in [2.24, 2.45) is 0 Å². The molecule has 2 rings (SSSR count). The molecule has 110 valence electrons. The Bertz CT molecular complexity index is 617. The highest BCUT2D eigenvalue weighted by Gasteiger charge is 2.19. The highest BCUT2D eigenvalue weighted by molar-refractivity contribution is 6.30. The first-order chi connectivity index (χ1) is 10.1. The molecule has 0 saturated carbocycles. The fraction of sp³-hybridized carbons (Fsp3) is 0.250. The van der Waals surface area contributed by atoms with Gasteiger partial charge < -0.3 is 5.32 Å². The fourth-order valence-electron chi connectivity index (χ4n) is 2.36. The monoisotopic (exact) mass is 304 g/mol. The Morgan fingerprint density at radius 3 is 2.57 bits per heavy atom. The van der Waals surface area contributed by atoms with Crippen LogP contribution in [0.15, 0.2) is 48.5 Å². The molecule has 0 bridgehead atoms. The van der Waals surface area contributed by atoms with Gasteiger partial charge in [0, 0.05) is 22.7 Å². The summed E-state index contributed by atoms with van der Waals surface area (Å²) in [5, 5.41) is 15.0. The van der Waals surface area contributed by atoms with E-state index in [2.05, 4.69) is 5.32 Å². The second kappa shape index (κ2) is 7.20. The van der Waals surface area contributed by atoms with Gasteiger partial charge >= 0.3 is 0 Å². The van der Waals surface area contributed by atoms with Crippen molar-refractivity contribution in [3.63, 3.8) is 0 Å². The van der Waals surface area contributed by atoms with E-state index in [0.29, 0.717) is 17.0 Å². The maximum absolute atomic E-state index is 11.2. The standard InChI is InChI=1S/C16H17ClN2O2/c1-2-18-15(12-6-4-3-5-7-12)11-13-10-14(17)8-9-16(13)19(20)21/h3-10,15,18H,2,11H2,1H3. The molecule has 0 aliphatic rings. The number of nitrogens with zero attached hydrogens (tertiary/aromatic N) is 1. The van der Waals surface area contributed by atoms with Gasteiger partial charge in [-0.15, -0.1) is 0 Å². The second-order valence-electron chi connectivity index (χ2n) is 4.76. The average molecular weight is 305 g/mol. The van der Waals surface area contributed by atoms with E-state index < -0.39 is 0 Å². The summed E-state index contributed by atoms with van der Waals surface area (Å²) in [5.74, 6) is 0. The minimum atomic E-state index is -0.361. The van der Waals surface area contributed by atoms with E-state index in [9.17, 15) is 10.1 Å². The minimum Gasteiger partial charge on any atom is -0.310 e. The van der Waals surface area contributed by atoms with Gasteiger partial charge in [-0.05, 0) is 30.7 Å². The lowest BCUT2D eigenvalue weighted by Crippen LogP contribution is -2.23. The Morgan fingerprint density at radius 2 is 1.95 bits per heavy atom. The molecular formula is C16H17ClN2O2. The van der Waals surface area contributed by atoms with Crippen LogP contribution in [0.1, 0.15) is 24.1 Å². The van der Waals surface area contributed by atoms with Crippen molar-refractivity contribution in [3.05, 3.63) is 74.8 Å². The lowest BCUT2D eigenvalue weighted by molar-refractivity contribution is -0.385. The topological polar surface area (TPSA) is 55.2 Å². The number of hydrogen-bond donors (Lipinski definition) is 1. The molecule has 0 fully saturated rings. The summed E-state index contributed by atoms with van der Waals surface area (Å²) in [7, 11) is 0. The van der Waals surface area contributed by atoms with Crippen molar-refractivity contribution in [2.45, 2.75) is 19.4 Å². The number of rotatable bonds is 6. The van der Waals surface area contributed by atoms with Crippen LogP contribution in [0.5, 0.6) is 0 Å². The molecule has 5 heteroatoms. The maximum Gasteiger partial charge on any atom is 0.272 e. The molecule has 1 atom stereocenters. The predicted molar refractivity (Wildman–Crippen MR) is 84.7 cm³/mol. The van der Waals surface area contributed by atoms with Gasteiger partial charge in [0.2, 0.25) is 0 Å². The number of benzene rings is 2. The van der Waals surface area contributed by atoms with Crippen molar-refractivity contribution in [3.8, 4) is 0 Å². The highest BCUT2D eigenvalue weighted by Crippen LogP contribution is 2.27. The van der Waals surface area contributed by atoms with Gasteiger partial charge in [0.1, 0.15) is 0 Å². The van der Waals surface area contributed by atoms with Gasteiger partial charge in [0.15, 0.2) is 0 Å². The van der Waals surface area contributed by atoms with Gasteiger partial charge in [-0.2, -0.15) is 0 Å². The van der Waals surface area contributed by atoms with Crippen LogP contribution in [0.3, 0.4) is 0 Å². The summed E-state index contributed by atoms with van der Waals surface area (Å²) >= 11 is 5.99. The maximum atomic E-state index is 11.2. The number of nitro groups is 1. The van der Waals surface area contributed by atoms with Crippen LogP contribution < -0.4 is 5.32 Å². The molecule has 1 unspecified atom stereocenters. The Hall–Kier alpha value is -1.91. The third-order valence-corrected chi connectivity index (χ3v) is 3.55. The molecule has 2 aromatic carbocycles.